The Kier molecular flexibility index (Phi) is 11.8. The summed E-state index contributed by atoms with van der Waals surface area (Å²) in [5, 5.41) is 16.4. The van der Waals surface area contributed by atoms with Crippen molar-refractivity contribution in [2.24, 2.45) is 10.4 Å². The monoisotopic (exact) mass is 552 g/mol. The van der Waals surface area contributed by atoms with Crippen LogP contribution in [0.15, 0.2) is 53.7 Å². The maximum absolute atomic E-state index is 9.54. The van der Waals surface area contributed by atoms with E-state index in [1.807, 2.05) is 30.3 Å². The summed E-state index contributed by atoms with van der Waals surface area (Å²) in [6.07, 6.45) is 8.81. The molecule has 176 valence electrons. The van der Waals surface area contributed by atoms with Gasteiger partial charge in [-0.2, -0.15) is 0 Å². The van der Waals surface area contributed by atoms with E-state index in [4.69, 9.17) is 9.73 Å². The third-order valence-electron chi connectivity index (χ3n) is 5.99. The predicted octanol–water partition coefficient (Wildman–Crippen LogP) is 4.67. The second-order valence-electron chi connectivity index (χ2n) is 8.34. The number of nitrogens with one attached hydrogen (secondary N) is 2. The second-order valence-corrected chi connectivity index (χ2v) is 8.34. The van der Waals surface area contributed by atoms with Gasteiger partial charge in [0.1, 0.15) is 12.4 Å². The largest absolute Gasteiger partial charge is 0.487 e. The molecular formula is C25H37IN4O2. The fourth-order valence-electron chi connectivity index (χ4n) is 4.17. The van der Waals surface area contributed by atoms with E-state index in [2.05, 4.69) is 34.7 Å². The highest BCUT2D eigenvalue weighted by Crippen LogP contribution is 2.38. The number of hydrogen-bond donors (Lipinski definition) is 3. The molecule has 0 radical (unpaired) electrons. The summed E-state index contributed by atoms with van der Waals surface area (Å²) in [5.74, 6) is 1.66. The molecule has 0 aliphatic heterocycles. The van der Waals surface area contributed by atoms with Crippen molar-refractivity contribution in [1.29, 1.82) is 0 Å². The van der Waals surface area contributed by atoms with Gasteiger partial charge in [0.25, 0.3) is 0 Å². The van der Waals surface area contributed by atoms with Crippen LogP contribution in [0, 0.1) is 5.41 Å². The minimum atomic E-state index is 0. The molecule has 1 aliphatic carbocycles. The fraction of sp³-hybridized carbons (Fsp3) is 0.520. The number of pyridine rings is 1. The number of guanidine groups is 1. The van der Waals surface area contributed by atoms with Crippen LogP contribution in [0.1, 0.15) is 56.7 Å². The molecule has 1 aromatic heterocycles. The lowest BCUT2D eigenvalue weighted by Crippen LogP contribution is -2.44. The van der Waals surface area contributed by atoms with Crippen molar-refractivity contribution >= 4 is 29.9 Å². The molecule has 0 saturated heterocycles. The maximum Gasteiger partial charge on any atom is 0.191 e. The van der Waals surface area contributed by atoms with Crippen LogP contribution in [0.5, 0.6) is 5.75 Å². The van der Waals surface area contributed by atoms with Crippen LogP contribution < -0.4 is 15.4 Å². The van der Waals surface area contributed by atoms with Gasteiger partial charge in [-0.1, -0.05) is 37.5 Å². The molecule has 6 nitrogen and oxygen atoms in total. The van der Waals surface area contributed by atoms with Gasteiger partial charge in [0.15, 0.2) is 5.96 Å². The van der Waals surface area contributed by atoms with Crippen LogP contribution in [0.25, 0.3) is 0 Å². The van der Waals surface area contributed by atoms with E-state index >= 15 is 0 Å². The molecular weight excluding hydrogens is 515 g/mol. The summed E-state index contributed by atoms with van der Waals surface area (Å²) < 4.78 is 5.81. The number of nitrogens with zero attached hydrogens (tertiary/aromatic N) is 2. The van der Waals surface area contributed by atoms with Gasteiger partial charge in [-0.05, 0) is 61.4 Å². The summed E-state index contributed by atoms with van der Waals surface area (Å²) >= 11 is 0. The number of aromatic nitrogens is 1. The molecule has 1 aromatic carbocycles. The average molecular weight is 553 g/mol. The molecule has 3 N–H and O–H groups in total. The number of aliphatic hydroxyl groups excluding tert-OH is 1. The van der Waals surface area contributed by atoms with E-state index in [0.717, 1.165) is 42.5 Å². The van der Waals surface area contributed by atoms with E-state index < -0.39 is 0 Å². The molecule has 2 aromatic rings. The zero-order chi connectivity index (χ0) is 21.8. The Morgan fingerprint density at radius 2 is 1.88 bits per heavy atom. The van der Waals surface area contributed by atoms with Crippen molar-refractivity contribution in [3.63, 3.8) is 0 Å². The standard InChI is InChI=1S/C25H36N4O2.HI/c1-2-26-24(29-20-25(15-17-30)13-5-3-6-14-25)28-18-21-9-11-23(12-10-21)31-19-22-8-4-7-16-27-22;/h4,7-12,16,30H,2-3,5-6,13-15,17-20H2,1H3,(H2,26,28,29);1H. The lowest BCUT2D eigenvalue weighted by molar-refractivity contribution is 0.131. The van der Waals surface area contributed by atoms with Crippen LogP contribution in [0.4, 0.5) is 0 Å². The molecule has 3 rings (SSSR count). The Morgan fingerprint density at radius 1 is 1.09 bits per heavy atom. The van der Waals surface area contributed by atoms with Gasteiger partial charge < -0.3 is 20.5 Å². The Morgan fingerprint density at radius 3 is 2.53 bits per heavy atom. The highest BCUT2D eigenvalue weighted by atomic mass is 127. The third-order valence-corrected chi connectivity index (χ3v) is 5.99. The van der Waals surface area contributed by atoms with Crippen LogP contribution in [0.3, 0.4) is 0 Å². The van der Waals surface area contributed by atoms with Gasteiger partial charge in [-0.3, -0.25) is 4.98 Å². The Balaban J connectivity index is 0.00000363. The number of rotatable bonds is 10. The van der Waals surface area contributed by atoms with E-state index in [9.17, 15) is 5.11 Å². The summed E-state index contributed by atoms with van der Waals surface area (Å²) in [6.45, 7) is 5.07. The van der Waals surface area contributed by atoms with Crippen LogP contribution in [-0.2, 0) is 13.2 Å². The highest BCUT2D eigenvalue weighted by Gasteiger charge is 2.31. The summed E-state index contributed by atoms with van der Waals surface area (Å²) in [7, 11) is 0. The molecule has 1 aliphatic rings. The molecule has 0 bridgehead atoms. The van der Waals surface area contributed by atoms with Gasteiger partial charge >= 0.3 is 0 Å². The van der Waals surface area contributed by atoms with E-state index in [-0.39, 0.29) is 36.0 Å². The zero-order valence-electron chi connectivity index (χ0n) is 19.1. The molecule has 0 unspecified atom stereocenters. The molecule has 1 saturated carbocycles. The molecule has 0 amide bonds. The number of ether oxygens (including phenoxy) is 1. The normalized spacial score (nSPS) is 15.5. The van der Waals surface area contributed by atoms with E-state index in [1.54, 1.807) is 6.20 Å². The van der Waals surface area contributed by atoms with Gasteiger partial charge in [0, 0.05) is 25.9 Å². The molecule has 32 heavy (non-hydrogen) atoms. The third kappa shape index (κ3) is 8.58. The zero-order valence-corrected chi connectivity index (χ0v) is 21.4. The average Bonchev–Trinajstić information content (AvgIpc) is 2.82. The predicted molar refractivity (Wildman–Crippen MR) is 140 cm³/mol. The van der Waals surface area contributed by atoms with Gasteiger partial charge in [0.2, 0.25) is 0 Å². The first-order valence-corrected chi connectivity index (χ1v) is 11.5. The maximum atomic E-state index is 9.54. The van der Waals surface area contributed by atoms with Gasteiger partial charge in [0.05, 0.1) is 12.2 Å². The number of halogens is 1. The molecule has 1 fully saturated rings. The minimum Gasteiger partial charge on any atom is -0.487 e. The first-order valence-electron chi connectivity index (χ1n) is 11.5. The quantitative estimate of drug-likeness (QED) is 0.227. The molecule has 1 heterocycles. The van der Waals surface area contributed by atoms with Crippen LogP contribution >= 0.6 is 24.0 Å². The van der Waals surface area contributed by atoms with Crippen LogP contribution in [-0.4, -0.2) is 35.7 Å². The van der Waals surface area contributed by atoms with Crippen molar-refractivity contribution in [3.05, 3.63) is 59.9 Å². The van der Waals surface area contributed by atoms with Crippen molar-refractivity contribution < 1.29 is 9.84 Å². The van der Waals surface area contributed by atoms with E-state index in [1.165, 1.54) is 32.1 Å². The summed E-state index contributed by atoms with van der Waals surface area (Å²) in [6, 6.07) is 13.9. The molecule has 0 spiro atoms. The Bertz CT molecular complexity index is 788. The number of hydrogen-bond acceptors (Lipinski definition) is 4. The first kappa shape index (κ1) is 26.4. The summed E-state index contributed by atoms with van der Waals surface area (Å²) in [5.41, 5.74) is 2.23. The lowest BCUT2D eigenvalue weighted by atomic mass is 9.72. The smallest absolute Gasteiger partial charge is 0.191 e. The van der Waals surface area contributed by atoms with Gasteiger partial charge in [-0.25, -0.2) is 4.99 Å². The highest BCUT2D eigenvalue weighted by molar-refractivity contribution is 14.0. The Labute approximate surface area is 209 Å². The second kappa shape index (κ2) is 14.3. The molecule has 0 atom stereocenters. The van der Waals surface area contributed by atoms with Crippen molar-refractivity contribution in [2.45, 2.75) is 58.6 Å². The topological polar surface area (TPSA) is 78.8 Å². The lowest BCUT2D eigenvalue weighted by Gasteiger charge is -2.37. The van der Waals surface area contributed by atoms with Crippen molar-refractivity contribution in [2.75, 3.05) is 19.7 Å². The van der Waals surface area contributed by atoms with Gasteiger partial charge in [-0.15, -0.1) is 24.0 Å². The van der Waals surface area contributed by atoms with E-state index in [0.29, 0.717) is 13.2 Å². The summed E-state index contributed by atoms with van der Waals surface area (Å²) in [4.78, 5) is 9.04. The first-order chi connectivity index (χ1) is 15.2. The van der Waals surface area contributed by atoms with Crippen molar-refractivity contribution in [3.8, 4) is 5.75 Å². The number of benzene rings is 1. The molecule has 7 heteroatoms. The fourth-order valence-corrected chi connectivity index (χ4v) is 4.17. The Hall–Kier alpha value is -1.87. The SMILES string of the molecule is CCNC(=NCc1ccc(OCc2ccccn2)cc1)NCC1(CCO)CCCCC1.I. The number of aliphatic imine (C=N–C) groups is 1. The van der Waals surface area contributed by atoms with Crippen molar-refractivity contribution in [1.82, 2.24) is 15.6 Å². The number of aliphatic hydroxyl groups is 1. The van der Waals surface area contributed by atoms with Crippen LogP contribution in [0.2, 0.25) is 0 Å². The minimum absolute atomic E-state index is 0.